The SMILES string of the molecule is Nc1ccc(CC(=O)N2CCNCC2c2cccc(F)c2)nc1. The van der Waals surface area contributed by atoms with Crippen LogP contribution < -0.4 is 11.1 Å². The zero-order valence-corrected chi connectivity index (χ0v) is 12.7. The maximum Gasteiger partial charge on any atom is 0.229 e. The number of carbonyl (C=O) groups excluding carboxylic acids is 1. The normalized spacial score (nSPS) is 18.0. The Morgan fingerprint density at radius 3 is 3.00 bits per heavy atom. The number of anilines is 1. The van der Waals surface area contributed by atoms with E-state index < -0.39 is 0 Å². The fraction of sp³-hybridized carbons (Fsp3) is 0.294. The number of nitrogen functional groups attached to an aromatic ring is 1. The Hall–Kier alpha value is -2.47. The summed E-state index contributed by atoms with van der Waals surface area (Å²) in [6.07, 6.45) is 1.76. The van der Waals surface area contributed by atoms with E-state index in [1.54, 1.807) is 29.3 Å². The fourth-order valence-electron chi connectivity index (χ4n) is 2.81. The molecule has 1 amide bonds. The minimum absolute atomic E-state index is 0.0157. The first kappa shape index (κ1) is 15.4. The van der Waals surface area contributed by atoms with Crippen LogP contribution in [0.15, 0.2) is 42.6 Å². The van der Waals surface area contributed by atoms with Crippen molar-refractivity contribution in [2.75, 3.05) is 25.4 Å². The average molecular weight is 314 g/mol. The Balaban J connectivity index is 1.77. The number of halogens is 1. The molecule has 6 heteroatoms. The molecule has 0 saturated carbocycles. The van der Waals surface area contributed by atoms with Crippen LogP contribution in [0, 0.1) is 5.82 Å². The summed E-state index contributed by atoms with van der Waals surface area (Å²) in [5.41, 5.74) is 7.66. The van der Waals surface area contributed by atoms with Gasteiger partial charge in [-0.05, 0) is 29.8 Å². The molecule has 3 N–H and O–H groups in total. The van der Waals surface area contributed by atoms with E-state index in [0.717, 1.165) is 12.1 Å². The molecule has 1 saturated heterocycles. The molecule has 0 spiro atoms. The zero-order chi connectivity index (χ0) is 16.2. The zero-order valence-electron chi connectivity index (χ0n) is 12.7. The van der Waals surface area contributed by atoms with Crippen molar-refractivity contribution in [2.24, 2.45) is 0 Å². The Morgan fingerprint density at radius 2 is 2.26 bits per heavy atom. The Kier molecular flexibility index (Phi) is 4.52. The quantitative estimate of drug-likeness (QED) is 0.901. The van der Waals surface area contributed by atoms with Crippen LogP contribution in [0.25, 0.3) is 0 Å². The summed E-state index contributed by atoms with van der Waals surface area (Å²) >= 11 is 0. The number of rotatable bonds is 3. The molecule has 120 valence electrons. The molecule has 1 unspecified atom stereocenters. The third-order valence-corrected chi connectivity index (χ3v) is 3.98. The van der Waals surface area contributed by atoms with E-state index in [9.17, 15) is 9.18 Å². The van der Waals surface area contributed by atoms with Crippen molar-refractivity contribution in [3.8, 4) is 0 Å². The lowest BCUT2D eigenvalue weighted by Gasteiger charge is -2.36. The minimum Gasteiger partial charge on any atom is -0.397 e. The number of piperazine rings is 1. The van der Waals surface area contributed by atoms with Crippen LogP contribution in [0.2, 0.25) is 0 Å². The number of nitrogens with zero attached hydrogens (tertiary/aromatic N) is 2. The number of pyridine rings is 1. The smallest absolute Gasteiger partial charge is 0.229 e. The number of nitrogens with one attached hydrogen (secondary N) is 1. The number of nitrogens with two attached hydrogens (primary N) is 1. The first-order chi connectivity index (χ1) is 11.1. The van der Waals surface area contributed by atoms with Gasteiger partial charge < -0.3 is 16.0 Å². The highest BCUT2D eigenvalue weighted by Gasteiger charge is 2.28. The molecule has 1 aliphatic heterocycles. The predicted octanol–water partition coefficient (Wildman–Crippen LogP) is 1.52. The number of hydrogen-bond donors (Lipinski definition) is 2. The number of aromatic nitrogens is 1. The van der Waals surface area contributed by atoms with E-state index in [1.165, 1.54) is 12.1 Å². The maximum absolute atomic E-state index is 13.5. The molecular formula is C17H19FN4O. The Bertz CT molecular complexity index is 689. The van der Waals surface area contributed by atoms with Gasteiger partial charge in [-0.25, -0.2) is 4.39 Å². The lowest BCUT2D eigenvalue weighted by Crippen LogP contribution is -2.49. The van der Waals surface area contributed by atoms with Gasteiger partial charge in [-0.2, -0.15) is 0 Å². The second-order valence-corrected chi connectivity index (χ2v) is 5.62. The van der Waals surface area contributed by atoms with Gasteiger partial charge in [0, 0.05) is 25.3 Å². The molecule has 1 aromatic carbocycles. The van der Waals surface area contributed by atoms with Crippen molar-refractivity contribution in [1.82, 2.24) is 15.2 Å². The van der Waals surface area contributed by atoms with Crippen LogP contribution >= 0.6 is 0 Å². The van der Waals surface area contributed by atoms with Gasteiger partial charge >= 0.3 is 0 Å². The molecule has 5 nitrogen and oxygen atoms in total. The van der Waals surface area contributed by atoms with Gasteiger partial charge in [0.05, 0.1) is 24.3 Å². The van der Waals surface area contributed by atoms with Crippen LogP contribution in [0.5, 0.6) is 0 Å². The highest BCUT2D eigenvalue weighted by atomic mass is 19.1. The summed E-state index contributed by atoms with van der Waals surface area (Å²) in [4.78, 5) is 18.6. The number of amides is 1. The standard InChI is InChI=1S/C17H19FN4O/c18-13-3-1-2-12(8-13)16-11-20-6-7-22(16)17(23)9-15-5-4-14(19)10-21-15/h1-5,8,10,16,20H,6-7,9,11,19H2. The van der Waals surface area contributed by atoms with Gasteiger partial charge in [-0.1, -0.05) is 12.1 Å². The van der Waals surface area contributed by atoms with Crippen LogP contribution in [0.3, 0.4) is 0 Å². The highest BCUT2D eigenvalue weighted by Crippen LogP contribution is 2.23. The molecule has 23 heavy (non-hydrogen) atoms. The van der Waals surface area contributed by atoms with Gasteiger partial charge in [0.15, 0.2) is 0 Å². The van der Waals surface area contributed by atoms with E-state index in [0.29, 0.717) is 24.5 Å². The second-order valence-electron chi connectivity index (χ2n) is 5.62. The van der Waals surface area contributed by atoms with Crippen molar-refractivity contribution in [2.45, 2.75) is 12.5 Å². The van der Waals surface area contributed by atoms with Crippen LogP contribution in [-0.2, 0) is 11.2 Å². The largest absolute Gasteiger partial charge is 0.397 e. The van der Waals surface area contributed by atoms with Crippen LogP contribution in [0.1, 0.15) is 17.3 Å². The number of benzene rings is 1. The first-order valence-corrected chi connectivity index (χ1v) is 7.59. The molecule has 1 atom stereocenters. The predicted molar refractivity (Wildman–Crippen MR) is 86.1 cm³/mol. The summed E-state index contributed by atoms with van der Waals surface area (Å²) in [5, 5.41) is 3.26. The van der Waals surface area contributed by atoms with E-state index in [-0.39, 0.29) is 24.2 Å². The van der Waals surface area contributed by atoms with Crippen molar-refractivity contribution >= 4 is 11.6 Å². The summed E-state index contributed by atoms with van der Waals surface area (Å²) < 4.78 is 13.5. The Morgan fingerprint density at radius 1 is 1.39 bits per heavy atom. The van der Waals surface area contributed by atoms with Crippen molar-refractivity contribution in [3.63, 3.8) is 0 Å². The molecule has 0 radical (unpaired) electrons. The third kappa shape index (κ3) is 3.65. The summed E-state index contributed by atoms with van der Waals surface area (Å²) in [7, 11) is 0. The molecule has 1 aliphatic rings. The van der Waals surface area contributed by atoms with E-state index in [2.05, 4.69) is 10.3 Å². The van der Waals surface area contributed by atoms with E-state index in [1.807, 2.05) is 6.07 Å². The third-order valence-electron chi connectivity index (χ3n) is 3.98. The lowest BCUT2D eigenvalue weighted by atomic mass is 10.0. The molecule has 1 aromatic heterocycles. The van der Waals surface area contributed by atoms with Crippen molar-refractivity contribution in [1.29, 1.82) is 0 Å². The molecule has 3 rings (SSSR count). The van der Waals surface area contributed by atoms with E-state index >= 15 is 0 Å². The summed E-state index contributed by atoms with van der Waals surface area (Å²) in [5.74, 6) is -0.307. The summed E-state index contributed by atoms with van der Waals surface area (Å²) in [6, 6.07) is 9.74. The summed E-state index contributed by atoms with van der Waals surface area (Å²) in [6.45, 7) is 1.94. The van der Waals surface area contributed by atoms with Crippen LogP contribution in [-0.4, -0.2) is 35.4 Å². The second kappa shape index (κ2) is 6.75. The molecule has 1 fully saturated rings. The van der Waals surface area contributed by atoms with Gasteiger partial charge in [0.2, 0.25) is 5.91 Å². The minimum atomic E-state index is -0.291. The van der Waals surface area contributed by atoms with Crippen molar-refractivity contribution in [3.05, 3.63) is 59.7 Å². The van der Waals surface area contributed by atoms with Crippen molar-refractivity contribution < 1.29 is 9.18 Å². The monoisotopic (exact) mass is 314 g/mol. The van der Waals surface area contributed by atoms with Gasteiger partial charge in [-0.3, -0.25) is 9.78 Å². The molecule has 0 aliphatic carbocycles. The van der Waals surface area contributed by atoms with Gasteiger partial charge in [0.1, 0.15) is 5.82 Å². The van der Waals surface area contributed by atoms with E-state index in [4.69, 9.17) is 5.73 Å². The number of hydrogen-bond acceptors (Lipinski definition) is 4. The molecular weight excluding hydrogens is 295 g/mol. The fourth-order valence-corrected chi connectivity index (χ4v) is 2.81. The molecule has 2 aromatic rings. The number of carbonyl (C=O) groups is 1. The Labute approximate surface area is 134 Å². The van der Waals surface area contributed by atoms with Crippen LogP contribution in [0.4, 0.5) is 10.1 Å². The van der Waals surface area contributed by atoms with Gasteiger partial charge in [0.25, 0.3) is 0 Å². The first-order valence-electron chi connectivity index (χ1n) is 7.59. The molecule has 0 bridgehead atoms. The van der Waals surface area contributed by atoms with Gasteiger partial charge in [-0.15, -0.1) is 0 Å². The average Bonchev–Trinajstić information content (AvgIpc) is 2.57. The topological polar surface area (TPSA) is 71.2 Å². The lowest BCUT2D eigenvalue weighted by molar-refractivity contribution is -0.133. The highest BCUT2D eigenvalue weighted by molar-refractivity contribution is 5.79. The maximum atomic E-state index is 13.5. The molecule has 2 heterocycles.